The molecule has 0 amide bonds. The number of imidazole rings is 1. The van der Waals surface area contributed by atoms with E-state index < -0.39 is 0 Å². The van der Waals surface area contributed by atoms with E-state index in [-0.39, 0.29) is 5.56 Å². The Labute approximate surface area is 214 Å². The van der Waals surface area contributed by atoms with Gasteiger partial charge in [-0.3, -0.25) is 9.20 Å². The molecule has 35 heavy (non-hydrogen) atoms. The van der Waals surface area contributed by atoms with Crippen molar-refractivity contribution in [3.8, 4) is 0 Å². The Morgan fingerprint density at radius 1 is 1.09 bits per heavy atom. The number of unbranched alkanes of at least 4 members (excludes halogenated alkanes) is 2. The average molecular weight is 540 g/mol. The molecule has 5 rings (SSSR count). The Bertz CT molecular complexity index is 1390. The van der Waals surface area contributed by atoms with Crippen molar-refractivity contribution in [2.45, 2.75) is 69.7 Å². The first-order chi connectivity index (χ1) is 17.1. The highest BCUT2D eigenvalue weighted by Crippen LogP contribution is 2.37. The molecule has 1 aliphatic rings. The molecule has 1 aliphatic carbocycles. The van der Waals surface area contributed by atoms with Crippen LogP contribution in [0.5, 0.6) is 0 Å². The molecule has 2 N–H and O–H groups in total. The molecule has 7 heteroatoms. The van der Waals surface area contributed by atoms with Gasteiger partial charge in [-0.05, 0) is 90.3 Å². The van der Waals surface area contributed by atoms with E-state index in [2.05, 4.69) is 48.1 Å². The van der Waals surface area contributed by atoms with Gasteiger partial charge in [0.2, 0.25) is 5.78 Å². The van der Waals surface area contributed by atoms with E-state index in [0.717, 1.165) is 60.0 Å². The van der Waals surface area contributed by atoms with Crippen molar-refractivity contribution in [1.82, 2.24) is 14.0 Å². The number of hydrogen-bond acceptors (Lipinski definition) is 4. The van der Waals surface area contributed by atoms with Crippen LogP contribution in [0, 0.1) is 0 Å². The lowest BCUT2D eigenvalue weighted by molar-refractivity contribution is 0.191. The minimum Gasteiger partial charge on any atom is -0.385 e. The van der Waals surface area contributed by atoms with Gasteiger partial charge < -0.3 is 15.0 Å². The molecule has 2 aromatic heterocycles. The third-order valence-electron chi connectivity index (χ3n) is 7.64. The second kappa shape index (κ2) is 10.8. The molecule has 4 aromatic rings. The summed E-state index contributed by atoms with van der Waals surface area (Å²) in [5, 5.41) is 0.636. The van der Waals surface area contributed by atoms with Crippen molar-refractivity contribution in [1.29, 1.82) is 0 Å². The third-order valence-corrected chi connectivity index (χ3v) is 8.30. The summed E-state index contributed by atoms with van der Waals surface area (Å²) < 4.78 is 10.5. The van der Waals surface area contributed by atoms with Crippen LogP contribution >= 0.6 is 15.9 Å². The highest BCUT2D eigenvalue weighted by Gasteiger charge is 2.25. The maximum atomic E-state index is 13.1. The summed E-state index contributed by atoms with van der Waals surface area (Å²) in [6, 6.07) is 13.1. The lowest BCUT2D eigenvalue weighted by Gasteiger charge is -2.18. The summed E-state index contributed by atoms with van der Waals surface area (Å²) in [5.74, 6) is 1.19. The van der Waals surface area contributed by atoms with Crippen LogP contribution in [0.1, 0.15) is 75.3 Å². The molecule has 0 saturated heterocycles. The number of benzene rings is 2. The topological polar surface area (TPSA) is 74.5 Å². The molecular formula is C28H35BrN4O2. The fraction of sp³-hybridized carbons (Fsp3) is 0.500. The van der Waals surface area contributed by atoms with Gasteiger partial charge in [0.1, 0.15) is 0 Å². The van der Waals surface area contributed by atoms with Crippen LogP contribution in [0.4, 0.5) is 0 Å². The van der Waals surface area contributed by atoms with Gasteiger partial charge in [-0.25, -0.2) is 0 Å². The molecule has 2 aromatic carbocycles. The summed E-state index contributed by atoms with van der Waals surface area (Å²) in [5.41, 5.74) is 10.4. The number of nitrogens with zero attached hydrogens (tertiary/aromatic N) is 3. The molecule has 0 aliphatic heterocycles. The second-order valence-electron chi connectivity index (χ2n) is 9.86. The Kier molecular flexibility index (Phi) is 7.56. The van der Waals surface area contributed by atoms with Gasteiger partial charge in [0.25, 0.3) is 5.56 Å². The van der Waals surface area contributed by atoms with Gasteiger partial charge in [0.15, 0.2) is 0 Å². The molecule has 1 saturated carbocycles. The van der Waals surface area contributed by atoms with E-state index in [1.54, 1.807) is 7.11 Å². The van der Waals surface area contributed by atoms with Gasteiger partial charge in [-0.15, -0.1) is 0 Å². The lowest BCUT2D eigenvalue weighted by Crippen LogP contribution is -2.14. The Balaban J connectivity index is 1.66. The number of ether oxygens (including phenoxy) is 1. The van der Waals surface area contributed by atoms with Crippen LogP contribution < -0.4 is 11.3 Å². The van der Waals surface area contributed by atoms with Crippen LogP contribution in [-0.4, -0.2) is 34.2 Å². The van der Waals surface area contributed by atoms with Crippen molar-refractivity contribution < 1.29 is 4.74 Å². The number of rotatable bonds is 10. The maximum Gasteiger partial charge on any atom is 0.283 e. The molecule has 1 atom stereocenters. The number of fused-ring (bicyclic) bond motifs is 5. The molecule has 1 unspecified atom stereocenters. The van der Waals surface area contributed by atoms with Crippen LogP contribution in [-0.2, 0) is 4.74 Å². The fourth-order valence-corrected chi connectivity index (χ4v) is 6.44. The van der Waals surface area contributed by atoms with Crippen LogP contribution in [0.3, 0.4) is 0 Å². The third kappa shape index (κ3) is 4.66. The Morgan fingerprint density at radius 3 is 2.69 bits per heavy atom. The van der Waals surface area contributed by atoms with E-state index >= 15 is 0 Å². The molecule has 0 spiro atoms. The van der Waals surface area contributed by atoms with Crippen LogP contribution in [0.25, 0.3) is 27.7 Å². The monoisotopic (exact) mass is 538 g/mol. The lowest BCUT2D eigenvalue weighted by atomic mass is 9.90. The normalized spacial score (nSPS) is 15.6. The van der Waals surface area contributed by atoms with Gasteiger partial charge in [0, 0.05) is 24.2 Å². The summed E-state index contributed by atoms with van der Waals surface area (Å²) in [6.07, 6.45) is 10.2. The maximum absolute atomic E-state index is 13.1. The summed E-state index contributed by atoms with van der Waals surface area (Å²) in [6.45, 7) is 1.51. The zero-order valence-corrected chi connectivity index (χ0v) is 22.1. The van der Waals surface area contributed by atoms with Gasteiger partial charge in [-0.2, -0.15) is 4.98 Å². The summed E-state index contributed by atoms with van der Waals surface area (Å²) in [7, 11) is 1.76. The van der Waals surface area contributed by atoms with Crippen molar-refractivity contribution >= 4 is 43.6 Å². The van der Waals surface area contributed by atoms with Gasteiger partial charge in [-0.1, -0.05) is 37.8 Å². The van der Waals surface area contributed by atoms with Gasteiger partial charge >= 0.3 is 0 Å². The number of nitrogens with two attached hydrogens (primary N) is 1. The summed E-state index contributed by atoms with van der Waals surface area (Å²) in [4.78, 5) is 17.8. The molecule has 0 radical (unpaired) electrons. The van der Waals surface area contributed by atoms with E-state index in [0.29, 0.717) is 23.9 Å². The quantitative estimate of drug-likeness (QED) is 0.240. The Hall–Kier alpha value is -2.22. The van der Waals surface area contributed by atoms with Gasteiger partial charge in [0.05, 0.1) is 21.9 Å². The zero-order valence-electron chi connectivity index (χ0n) is 20.5. The molecule has 186 valence electrons. The van der Waals surface area contributed by atoms with Crippen molar-refractivity contribution in [3.63, 3.8) is 0 Å². The van der Waals surface area contributed by atoms with E-state index in [9.17, 15) is 4.79 Å². The second-order valence-corrected chi connectivity index (χ2v) is 10.7. The largest absolute Gasteiger partial charge is 0.385 e. The molecule has 6 nitrogen and oxygen atoms in total. The summed E-state index contributed by atoms with van der Waals surface area (Å²) >= 11 is 3.58. The first-order valence-corrected chi connectivity index (χ1v) is 13.8. The molecular weight excluding hydrogens is 504 g/mol. The molecule has 2 heterocycles. The predicted octanol–water partition coefficient (Wildman–Crippen LogP) is 6.32. The minimum absolute atomic E-state index is 0.174. The average Bonchev–Trinajstić information content (AvgIpc) is 3.48. The Morgan fingerprint density at radius 2 is 1.91 bits per heavy atom. The number of hydrogen-bond donors (Lipinski definition) is 1. The SMILES string of the molecule is COCCCCCC(CCN)c1ccc2c(c1)n(C1CCCC1)c1nc(=O)c3c(Br)cccc3n21. The first-order valence-electron chi connectivity index (χ1n) is 13.0. The molecule has 0 bridgehead atoms. The fourth-order valence-electron chi connectivity index (χ4n) is 5.91. The highest BCUT2D eigenvalue weighted by molar-refractivity contribution is 9.10. The molecule has 1 fully saturated rings. The van der Waals surface area contributed by atoms with E-state index in [1.165, 1.54) is 36.8 Å². The number of methoxy groups -OCH3 is 1. The van der Waals surface area contributed by atoms with Crippen molar-refractivity contribution in [2.24, 2.45) is 5.73 Å². The standard InChI is InChI=1S/C28H35BrN4O2/c1-35-17-6-2-3-8-19(15-16-30)20-13-14-23-25(18-20)32(21-9-4-5-10-21)28-31-27(34)26-22(29)11-7-12-24(26)33(23)28/h7,11-14,18-19,21H,2-6,8-10,15-17,30H2,1H3. The van der Waals surface area contributed by atoms with Crippen molar-refractivity contribution in [3.05, 3.63) is 56.8 Å². The first kappa shape index (κ1) is 24.5. The highest BCUT2D eigenvalue weighted by atomic mass is 79.9. The van der Waals surface area contributed by atoms with E-state index in [4.69, 9.17) is 10.5 Å². The number of halogens is 1. The minimum atomic E-state index is -0.174. The van der Waals surface area contributed by atoms with Crippen LogP contribution in [0.15, 0.2) is 45.7 Å². The van der Waals surface area contributed by atoms with Crippen molar-refractivity contribution in [2.75, 3.05) is 20.3 Å². The number of aromatic nitrogens is 3. The van der Waals surface area contributed by atoms with Crippen LogP contribution in [0.2, 0.25) is 0 Å². The van der Waals surface area contributed by atoms with E-state index in [1.807, 2.05) is 18.2 Å². The predicted molar refractivity (Wildman–Crippen MR) is 146 cm³/mol. The zero-order chi connectivity index (χ0) is 24.4. The smallest absolute Gasteiger partial charge is 0.283 e.